The van der Waals surface area contributed by atoms with Crippen molar-refractivity contribution in [1.82, 2.24) is 0 Å². The molecule has 0 saturated heterocycles. The molecule has 1 rings (SSSR count). The molecule has 0 aliphatic heterocycles. The van der Waals surface area contributed by atoms with Crippen LogP contribution in [0.4, 0.5) is 0 Å². The van der Waals surface area contributed by atoms with Gasteiger partial charge in [0.15, 0.2) is 0 Å². The van der Waals surface area contributed by atoms with E-state index in [0.717, 1.165) is 10.5 Å². The molecule has 0 aliphatic rings. The molecule has 0 aromatic heterocycles. The lowest BCUT2D eigenvalue weighted by Crippen LogP contribution is -1.78. The van der Waals surface area contributed by atoms with Gasteiger partial charge >= 0.3 is 0 Å². The fourth-order valence-corrected chi connectivity index (χ4v) is 1.56. The van der Waals surface area contributed by atoms with Gasteiger partial charge in [-0.2, -0.15) is 0 Å². The van der Waals surface area contributed by atoms with Gasteiger partial charge < -0.3 is 5.11 Å². The van der Waals surface area contributed by atoms with Crippen LogP contribution in [0.25, 0.3) is 0 Å². The minimum atomic E-state index is 0.0933. The first-order valence-electron chi connectivity index (χ1n) is 4.61. The van der Waals surface area contributed by atoms with Crippen LogP contribution in [-0.2, 0) is 0 Å². The molecule has 0 radical (unpaired) electrons. The van der Waals surface area contributed by atoms with Gasteiger partial charge in [0.25, 0.3) is 0 Å². The predicted octanol–water partition coefficient (Wildman–Crippen LogP) is 2.15. The Hall–Kier alpha value is -1.35. The fourth-order valence-electron chi connectivity index (χ4n) is 1.01. The van der Waals surface area contributed by atoms with Crippen LogP contribution in [0.1, 0.15) is 12.0 Å². The van der Waals surface area contributed by atoms with Gasteiger partial charge in [0, 0.05) is 16.9 Å². The van der Waals surface area contributed by atoms with Crippen molar-refractivity contribution in [2.24, 2.45) is 0 Å². The fraction of sp³-hybridized carbons (Fsp3) is 0.231. The Morgan fingerprint density at radius 2 is 2.07 bits per heavy atom. The Morgan fingerprint density at radius 1 is 1.27 bits per heavy atom. The molecule has 1 nitrogen and oxygen atoms in total. The third-order valence-corrected chi connectivity index (χ3v) is 2.49. The van der Waals surface area contributed by atoms with Crippen molar-refractivity contribution >= 4 is 11.8 Å². The summed E-state index contributed by atoms with van der Waals surface area (Å²) < 4.78 is 0. The summed E-state index contributed by atoms with van der Waals surface area (Å²) in [6, 6.07) is 7.97. The zero-order valence-corrected chi connectivity index (χ0v) is 9.40. The number of thioether (sulfide) groups is 1. The van der Waals surface area contributed by atoms with Gasteiger partial charge in [-0.1, -0.05) is 24.0 Å². The van der Waals surface area contributed by atoms with E-state index in [4.69, 9.17) is 5.11 Å². The van der Waals surface area contributed by atoms with E-state index in [1.807, 2.05) is 30.5 Å². The predicted molar refractivity (Wildman–Crippen MR) is 64.6 cm³/mol. The number of rotatable bonds is 2. The third-order valence-electron chi connectivity index (χ3n) is 1.69. The Balaban J connectivity index is 2.76. The first-order valence-corrected chi connectivity index (χ1v) is 5.83. The van der Waals surface area contributed by atoms with Crippen molar-refractivity contribution in [2.45, 2.75) is 11.3 Å². The summed E-state index contributed by atoms with van der Waals surface area (Å²) in [5, 5.41) is 8.51. The monoisotopic (exact) mass is 216 g/mol. The summed E-state index contributed by atoms with van der Waals surface area (Å²) >= 11 is 1.67. The molecule has 0 bridgehead atoms. The van der Waals surface area contributed by atoms with E-state index in [9.17, 15) is 0 Å². The smallest absolute Gasteiger partial charge is 0.0540 e. The highest BCUT2D eigenvalue weighted by molar-refractivity contribution is 7.98. The molecule has 1 N–H and O–H groups in total. The Kier molecular flexibility index (Phi) is 5.48. The minimum absolute atomic E-state index is 0.0933. The summed E-state index contributed by atoms with van der Waals surface area (Å²) in [5.41, 5.74) is 1.00. The molecule has 0 unspecified atom stereocenters. The van der Waals surface area contributed by atoms with Crippen LogP contribution < -0.4 is 0 Å². The molecule has 0 amide bonds. The first kappa shape index (κ1) is 11.7. The molecule has 0 aliphatic carbocycles. The maximum atomic E-state index is 8.51. The van der Waals surface area contributed by atoms with Crippen molar-refractivity contribution in [1.29, 1.82) is 0 Å². The summed E-state index contributed by atoms with van der Waals surface area (Å²) in [6.45, 7) is 0.0933. The number of aliphatic hydroxyl groups excluding tert-OH is 1. The first-order chi connectivity index (χ1) is 7.38. The van der Waals surface area contributed by atoms with E-state index in [2.05, 4.69) is 23.7 Å². The minimum Gasteiger partial charge on any atom is -0.395 e. The molecule has 2 heteroatoms. The molecule has 76 valence electrons. The van der Waals surface area contributed by atoms with Crippen molar-refractivity contribution < 1.29 is 5.11 Å². The van der Waals surface area contributed by atoms with Gasteiger partial charge in [-0.3, -0.25) is 0 Å². The largest absolute Gasteiger partial charge is 0.395 e. The lowest BCUT2D eigenvalue weighted by molar-refractivity contribution is 0.305. The standard InChI is InChI=1S/C13H12OS/c1-15-13-10-6-5-9-12(13)8-4-2-3-7-11-14/h5-6,9-10,14H,7,11H2,1H3. The molecular weight excluding hydrogens is 204 g/mol. The quantitative estimate of drug-likeness (QED) is 0.604. The van der Waals surface area contributed by atoms with Gasteiger partial charge in [-0.15, -0.1) is 11.8 Å². The highest BCUT2D eigenvalue weighted by Crippen LogP contribution is 2.18. The van der Waals surface area contributed by atoms with Gasteiger partial charge in [-0.05, 0) is 30.2 Å². The Bertz CT molecular complexity index is 429. The molecule has 0 fully saturated rings. The summed E-state index contributed by atoms with van der Waals surface area (Å²) in [6.07, 6.45) is 2.51. The SMILES string of the molecule is CSc1ccccc1C#CC#CCCO. The van der Waals surface area contributed by atoms with E-state index < -0.39 is 0 Å². The lowest BCUT2D eigenvalue weighted by atomic mass is 10.2. The van der Waals surface area contributed by atoms with E-state index in [1.165, 1.54) is 0 Å². The highest BCUT2D eigenvalue weighted by atomic mass is 32.2. The molecule has 1 aromatic rings. The van der Waals surface area contributed by atoms with Crippen LogP contribution in [0.2, 0.25) is 0 Å². The second kappa shape index (κ2) is 7.01. The van der Waals surface area contributed by atoms with Gasteiger partial charge in [0.05, 0.1) is 6.61 Å². The average molecular weight is 216 g/mol. The van der Waals surface area contributed by atoms with Gasteiger partial charge in [-0.25, -0.2) is 0 Å². The third kappa shape index (κ3) is 4.13. The number of hydrogen-bond donors (Lipinski definition) is 1. The molecule has 15 heavy (non-hydrogen) atoms. The van der Waals surface area contributed by atoms with E-state index in [1.54, 1.807) is 11.8 Å². The van der Waals surface area contributed by atoms with Crippen LogP contribution in [0, 0.1) is 23.7 Å². The molecule has 0 atom stereocenters. The topological polar surface area (TPSA) is 20.2 Å². The number of hydrogen-bond acceptors (Lipinski definition) is 2. The normalized spacial score (nSPS) is 8.40. The van der Waals surface area contributed by atoms with E-state index in [0.29, 0.717) is 6.42 Å². The Labute approximate surface area is 94.9 Å². The van der Waals surface area contributed by atoms with Crippen LogP contribution in [-0.4, -0.2) is 18.0 Å². The summed E-state index contributed by atoms with van der Waals surface area (Å²) in [4.78, 5) is 1.16. The second-order valence-electron chi connectivity index (χ2n) is 2.73. The van der Waals surface area contributed by atoms with Crippen LogP contribution >= 0.6 is 11.8 Å². The molecule has 0 spiro atoms. The van der Waals surface area contributed by atoms with E-state index >= 15 is 0 Å². The van der Waals surface area contributed by atoms with Crippen molar-refractivity contribution in [2.75, 3.05) is 12.9 Å². The zero-order valence-electron chi connectivity index (χ0n) is 8.58. The maximum absolute atomic E-state index is 8.51. The number of benzene rings is 1. The summed E-state index contributed by atoms with van der Waals surface area (Å²) in [7, 11) is 0. The molecule has 0 saturated carbocycles. The van der Waals surface area contributed by atoms with Crippen molar-refractivity contribution in [3.05, 3.63) is 29.8 Å². The van der Waals surface area contributed by atoms with Crippen LogP contribution in [0.15, 0.2) is 29.2 Å². The van der Waals surface area contributed by atoms with Gasteiger partial charge in [0.1, 0.15) is 0 Å². The summed E-state index contributed by atoms with van der Waals surface area (Å²) in [5.74, 6) is 11.2. The van der Waals surface area contributed by atoms with Crippen LogP contribution in [0.5, 0.6) is 0 Å². The maximum Gasteiger partial charge on any atom is 0.0540 e. The van der Waals surface area contributed by atoms with Crippen molar-refractivity contribution in [3.8, 4) is 23.7 Å². The van der Waals surface area contributed by atoms with Crippen LogP contribution in [0.3, 0.4) is 0 Å². The Morgan fingerprint density at radius 3 is 2.80 bits per heavy atom. The number of aliphatic hydroxyl groups is 1. The van der Waals surface area contributed by atoms with Gasteiger partial charge in [0.2, 0.25) is 0 Å². The second-order valence-corrected chi connectivity index (χ2v) is 3.57. The highest BCUT2D eigenvalue weighted by Gasteiger charge is 1.94. The molecule has 1 aromatic carbocycles. The molecule has 0 heterocycles. The average Bonchev–Trinajstić information content (AvgIpc) is 2.29. The zero-order chi connectivity index (χ0) is 10.9. The lowest BCUT2D eigenvalue weighted by Gasteiger charge is -1.97. The van der Waals surface area contributed by atoms with Crippen molar-refractivity contribution in [3.63, 3.8) is 0 Å². The van der Waals surface area contributed by atoms with E-state index in [-0.39, 0.29) is 6.61 Å². The molecular formula is C13H12OS.